The van der Waals surface area contributed by atoms with Crippen LogP contribution in [0.1, 0.15) is 60.8 Å². The van der Waals surface area contributed by atoms with E-state index >= 15 is 0 Å². The quantitative estimate of drug-likeness (QED) is 0.596. The molecule has 0 N–H and O–H groups in total. The van der Waals surface area contributed by atoms with E-state index in [9.17, 15) is 4.79 Å². The van der Waals surface area contributed by atoms with Crippen LogP contribution >= 0.6 is 0 Å². The molecule has 0 atom stereocenters. The van der Waals surface area contributed by atoms with Crippen molar-refractivity contribution in [1.29, 1.82) is 0 Å². The summed E-state index contributed by atoms with van der Waals surface area (Å²) in [6.07, 6.45) is 6.68. The largest absolute Gasteiger partial charge is 0.299 e. The smallest absolute Gasteiger partial charge is 0.139 e. The number of allylic oxidation sites excluding steroid dienone is 4. The highest BCUT2D eigenvalue weighted by atomic mass is 16.1. The first-order valence-electron chi connectivity index (χ1n) is 6.12. The minimum Gasteiger partial charge on any atom is -0.299 e. The van der Waals surface area contributed by atoms with E-state index in [0.717, 1.165) is 12.8 Å². The standard InChI is InChI=1S/C15H26O/c1-7-14(16)15(6,10-8-12(2)3)11-9-13(4)5/h8-9H,7,10-11H2,1-6H3. The number of rotatable bonds is 6. The van der Waals surface area contributed by atoms with Crippen LogP contribution in [-0.2, 0) is 4.79 Å². The van der Waals surface area contributed by atoms with Gasteiger partial charge in [0.25, 0.3) is 0 Å². The van der Waals surface area contributed by atoms with E-state index in [2.05, 4.69) is 46.8 Å². The van der Waals surface area contributed by atoms with E-state index in [1.165, 1.54) is 11.1 Å². The fourth-order valence-electron chi connectivity index (χ4n) is 1.60. The Morgan fingerprint density at radius 3 is 1.62 bits per heavy atom. The van der Waals surface area contributed by atoms with Crippen molar-refractivity contribution >= 4 is 5.78 Å². The molecular weight excluding hydrogens is 196 g/mol. The molecule has 1 heteroatoms. The average molecular weight is 222 g/mol. The highest BCUT2D eigenvalue weighted by molar-refractivity contribution is 5.84. The van der Waals surface area contributed by atoms with Crippen molar-refractivity contribution in [1.82, 2.24) is 0 Å². The van der Waals surface area contributed by atoms with Gasteiger partial charge in [0.15, 0.2) is 0 Å². The van der Waals surface area contributed by atoms with E-state index in [4.69, 9.17) is 0 Å². The molecule has 0 aromatic heterocycles. The van der Waals surface area contributed by atoms with Crippen LogP contribution in [0.15, 0.2) is 23.3 Å². The Bertz CT molecular complexity index is 267. The molecule has 0 saturated heterocycles. The van der Waals surface area contributed by atoms with E-state index < -0.39 is 0 Å². The van der Waals surface area contributed by atoms with Gasteiger partial charge in [-0.25, -0.2) is 0 Å². The van der Waals surface area contributed by atoms with Crippen LogP contribution in [0.25, 0.3) is 0 Å². The van der Waals surface area contributed by atoms with Gasteiger partial charge in [-0.2, -0.15) is 0 Å². The number of hydrogen-bond acceptors (Lipinski definition) is 1. The maximum absolute atomic E-state index is 12.0. The molecule has 1 nitrogen and oxygen atoms in total. The summed E-state index contributed by atoms with van der Waals surface area (Å²) >= 11 is 0. The highest BCUT2D eigenvalue weighted by Crippen LogP contribution is 2.30. The normalized spacial score (nSPS) is 10.9. The molecule has 92 valence electrons. The molecule has 0 aromatic rings. The Kier molecular flexibility index (Phi) is 6.32. The molecule has 0 amide bonds. The van der Waals surface area contributed by atoms with Gasteiger partial charge in [0.1, 0.15) is 5.78 Å². The minimum absolute atomic E-state index is 0.219. The number of carbonyl (C=O) groups excluding carboxylic acids is 1. The second kappa shape index (κ2) is 6.67. The van der Waals surface area contributed by atoms with Crippen LogP contribution in [0, 0.1) is 5.41 Å². The number of carbonyl (C=O) groups is 1. The zero-order chi connectivity index (χ0) is 12.8. The Hall–Kier alpha value is -0.850. The van der Waals surface area contributed by atoms with Gasteiger partial charge in [0.2, 0.25) is 0 Å². The first-order chi connectivity index (χ1) is 7.31. The van der Waals surface area contributed by atoms with E-state index in [1.807, 2.05) is 6.92 Å². The molecule has 0 saturated carbocycles. The van der Waals surface area contributed by atoms with Gasteiger partial charge >= 0.3 is 0 Å². The highest BCUT2D eigenvalue weighted by Gasteiger charge is 2.29. The summed E-state index contributed by atoms with van der Waals surface area (Å²) in [5, 5.41) is 0. The van der Waals surface area contributed by atoms with Crippen molar-refractivity contribution in [3.8, 4) is 0 Å². The molecule has 0 aromatic carbocycles. The molecule has 0 aliphatic rings. The molecule has 0 bridgehead atoms. The van der Waals surface area contributed by atoms with Gasteiger partial charge in [0, 0.05) is 11.8 Å². The monoisotopic (exact) mass is 222 g/mol. The van der Waals surface area contributed by atoms with E-state index in [-0.39, 0.29) is 5.41 Å². The number of Topliss-reactive ketones (excluding diaryl/α,β-unsaturated/α-hetero) is 1. The second-order valence-corrected chi connectivity index (χ2v) is 5.31. The van der Waals surface area contributed by atoms with Crippen molar-refractivity contribution in [2.24, 2.45) is 5.41 Å². The number of ketones is 1. The summed E-state index contributed by atoms with van der Waals surface area (Å²) in [4.78, 5) is 12.0. The SMILES string of the molecule is CCC(=O)C(C)(CC=C(C)C)CC=C(C)C. The third kappa shape index (κ3) is 5.29. The molecule has 0 aliphatic heterocycles. The molecule has 0 rings (SSSR count). The molecule has 0 unspecified atom stereocenters. The van der Waals surface area contributed by atoms with Gasteiger partial charge < -0.3 is 0 Å². The second-order valence-electron chi connectivity index (χ2n) is 5.31. The first kappa shape index (κ1) is 15.2. The molecule has 16 heavy (non-hydrogen) atoms. The summed E-state index contributed by atoms with van der Waals surface area (Å²) in [5.41, 5.74) is 2.35. The predicted molar refractivity (Wildman–Crippen MR) is 71.5 cm³/mol. The molecule has 0 fully saturated rings. The molecule has 0 aliphatic carbocycles. The molecule has 0 spiro atoms. The van der Waals surface area contributed by atoms with Crippen LogP contribution in [0.5, 0.6) is 0 Å². The fourth-order valence-corrected chi connectivity index (χ4v) is 1.60. The first-order valence-corrected chi connectivity index (χ1v) is 6.12. The summed E-state index contributed by atoms with van der Waals surface area (Å²) in [5.74, 6) is 0.363. The summed E-state index contributed by atoms with van der Waals surface area (Å²) in [7, 11) is 0. The van der Waals surface area contributed by atoms with Gasteiger partial charge in [-0.1, -0.05) is 37.1 Å². The van der Waals surface area contributed by atoms with Crippen molar-refractivity contribution in [2.45, 2.75) is 60.8 Å². The Labute approximate surface area is 101 Å². The maximum atomic E-state index is 12.0. The molecule has 0 radical (unpaired) electrons. The predicted octanol–water partition coefficient (Wildman–Crippen LogP) is 4.68. The molecule has 0 heterocycles. The summed E-state index contributed by atoms with van der Waals surface area (Å²) < 4.78 is 0. The van der Waals surface area contributed by atoms with Crippen LogP contribution in [0.3, 0.4) is 0 Å². The third-order valence-electron chi connectivity index (χ3n) is 2.92. The van der Waals surface area contributed by atoms with Crippen LogP contribution in [0.2, 0.25) is 0 Å². The Morgan fingerprint density at radius 2 is 1.38 bits per heavy atom. The van der Waals surface area contributed by atoms with Crippen molar-refractivity contribution < 1.29 is 4.79 Å². The lowest BCUT2D eigenvalue weighted by molar-refractivity contribution is -0.127. The third-order valence-corrected chi connectivity index (χ3v) is 2.92. The topological polar surface area (TPSA) is 17.1 Å². The fraction of sp³-hybridized carbons (Fsp3) is 0.667. The lowest BCUT2D eigenvalue weighted by Gasteiger charge is -2.25. The van der Waals surface area contributed by atoms with Crippen LogP contribution in [-0.4, -0.2) is 5.78 Å². The van der Waals surface area contributed by atoms with Crippen LogP contribution < -0.4 is 0 Å². The average Bonchev–Trinajstić information content (AvgIpc) is 2.22. The van der Waals surface area contributed by atoms with Gasteiger partial charge in [-0.3, -0.25) is 4.79 Å². The van der Waals surface area contributed by atoms with Crippen LogP contribution in [0.4, 0.5) is 0 Å². The van der Waals surface area contributed by atoms with E-state index in [0.29, 0.717) is 12.2 Å². The zero-order valence-electron chi connectivity index (χ0n) is 11.7. The minimum atomic E-state index is -0.219. The van der Waals surface area contributed by atoms with Gasteiger partial charge in [-0.05, 0) is 40.5 Å². The van der Waals surface area contributed by atoms with Crippen molar-refractivity contribution in [3.05, 3.63) is 23.3 Å². The van der Waals surface area contributed by atoms with Gasteiger partial charge in [-0.15, -0.1) is 0 Å². The lowest BCUT2D eigenvalue weighted by atomic mass is 9.77. The van der Waals surface area contributed by atoms with Crippen molar-refractivity contribution in [3.63, 3.8) is 0 Å². The lowest BCUT2D eigenvalue weighted by Crippen LogP contribution is -2.26. The molecular formula is C15H26O. The Balaban J connectivity index is 4.81. The summed E-state index contributed by atoms with van der Waals surface area (Å²) in [6.45, 7) is 12.4. The summed E-state index contributed by atoms with van der Waals surface area (Å²) in [6, 6.07) is 0. The van der Waals surface area contributed by atoms with Gasteiger partial charge in [0.05, 0.1) is 0 Å². The maximum Gasteiger partial charge on any atom is 0.139 e. The Morgan fingerprint density at radius 1 is 1.00 bits per heavy atom. The van der Waals surface area contributed by atoms with E-state index in [1.54, 1.807) is 0 Å². The number of hydrogen-bond donors (Lipinski definition) is 0. The van der Waals surface area contributed by atoms with Crippen molar-refractivity contribution in [2.75, 3.05) is 0 Å². The zero-order valence-corrected chi connectivity index (χ0v) is 11.7.